The highest BCUT2D eigenvalue weighted by atomic mass is 19.4. The number of benzene rings is 2. The molecule has 2 aromatic rings. The average Bonchev–Trinajstić information content (AvgIpc) is 2.45. The number of ether oxygens (including phenoxy) is 2. The van der Waals surface area contributed by atoms with Crippen molar-refractivity contribution in [2.45, 2.75) is 6.18 Å². The molecule has 0 N–H and O–H groups in total. The van der Waals surface area contributed by atoms with E-state index in [-0.39, 0.29) is 0 Å². The highest BCUT2D eigenvalue weighted by molar-refractivity contribution is 5.28. The van der Waals surface area contributed by atoms with Crippen molar-refractivity contribution in [3.8, 4) is 11.5 Å². The molecule has 0 saturated carbocycles. The first-order valence-corrected chi connectivity index (χ1v) is 6.09. The Balaban J connectivity index is 2.36. The fourth-order valence-electron chi connectivity index (χ4n) is 1.50. The lowest BCUT2D eigenvalue weighted by Gasteiger charge is -2.14. The minimum absolute atomic E-state index is 0.421. The van der Waals surface area contributed by atoms with Crippen LogP contribution >= 0.6 is 0 Å². The van der Waals surface area contributed by atoms with Crippen molar-refractivity contribution in [2.24, 2.45) is 0 Å². The zero-order chi connectivity index (χ0) is 17.0. The standard InChI is InChI=1S/C15H8F6O2/c16-9-3-1-5-11(7-9)22-14(13(18)15(19,20)21)23-12-6-2-4-10(17)8-12/h1-8H. The van der Waals surface area contributed by atoms with Gasteiger partial charge >= 0.3 is 12.1 Å². The minimum atomic E-state index is -5.39. The van der Waals surface area contributed by atoms with Crippen LogP contribution in [0.3, 0.4) is 0 Å². The molecule has 0 heterocycles. The summed E-state index contributed by atoms with van der Waals surface area (Å²) >= 11 is 0. The fourth-order valence-corrected chi connectivity index (χ4v) is 1.50. The van der Waals surface area contributed by atoms with Gasteiger partial charge in [-0.05, 0) is 24.3 Å². The minimum Gasteiger partial charge on any atom is -0.424 e. The molecule has 0 unspecified atom stereocenters. The summed E-state index contributed by atoms with van der Waals surface area (Å²) in [7, 11) is 0. The summed E-state index contributed by atoms with van der Waals surface area (Å²) in [4.78, 5) is 0. The van der Waals surface area contributed by atoms with Crippen molar-refractivity contribution >= 4 is 0 Å². The van der Waals surface area contributed by atoms with Gasteiger partial charge < -0.3 is 9.47 Å². The molecule has 8 heteroatoms. The summed E-state index contributed by atoms with van der Waals surface area (Å²) in [6, 6.07) is 8.00. The van der Waals surface area contributed by atoms with Crippen LogP contribution in [0.5, 0.6) is 11.5 Å². The fraction of sp³-hybridized carbons (Fsp3) is 0.0667. The molecule has 0 spiro atoms. The molecule has 0 aliphatic rings. The lowest BCUT2D eigenvalue weighted by Crippen LogP contribution is -2.17. The molecule has 0 aliphatic carbocycles. The van der Waals surface area contributed by atoms with Gasteiger partial charge in [0.05, 0.1) is 0 Å². The second-order valence-electron chi connectivity index (χ2n) is 4.22. The predicted octanol–water partition coefficient (Wildman–Crippen LogP) is 5.12. The highest BCUT2D eigenvalue weighted by Gasteiger charge is 2.40. The normalized spacial score (nSPS) is 11.0. The van der Waals surface area contributed by atoms with Crippen molar-refractivity contribution < 1.29 is 35.8 Å². The summed E-state index contributed by atoms with van der Waals surface area (Å²) in [6.45, 7) is 0. The quantitative estimate of drug-likeness (QED) is 0.570. The van der Waals surface area contributed by atoms with Crippen LogP contribution in [0, 0.1) is 11.6 Å². The molecular weight excluding hydrogens is 326 g/mol. The first-order valence-electron chi connectivity index (χ1n) is 6.09. The van der Waals surface area contributed by atoms with E-state index >= 15 is 0 Å². The van der Waals surface area contributed by atoms with E-state index in [0.717, 1.165) is 48.5 Å². The van der Waals surface area contributed by atoms with Gasteiger partial charge in [-0.3, -0.25) is 0 Å². The zero-order valence-corrected chi connectivity index (χ0v) is 11.2. The highest BCUT2D eigenvalue weighted by Crippen LogP contribution is 2.32. The number of alkyl halides is 3. The summed E-state index contributed by atoms with van der Waals surface area (Å²) in [5.41, 5.74) is 0. The van der Waals surface area contributed by atoms with Crippen molar-refractivity contribution in [2.75, 3.05) is 0 Å². The topological polar surface area (TPSA) is 18.5 Å². The summed E-state index contributed by atoms with van der Waals surface area (Å²) in [5.74, 6) is -6.70. The van der Waals surface area contributed by atoms with E-state index in [0.29, 0.717) is 0 Å². The van der Waals surface area contributed by atoms with Crippen molar-refractivity contribution in [3.05, 3.63) is 71.9 Å². The number of halogens is 6. The van der Waals surface area contributed by atoms with Gasteiger partial charge in [-0.2, -0.15) is 17.6 Å². The monoisotopic (exact) mass is 334 g/mol. The third-order valence-corrected chi connectivity index (χ3v) is 2.44. The molecule has 2 nitrogen and oxygen atoms in total. The Morgan fingerprint density at radius 1 is 0.783 bits per heavy atom. The van der Waals surface area contributed by atoms with Crippen molar-refractivity contribution in [1.82, 2.24) is 0 Å². The van der Waals surface area contributed by atoms with Gasteiger partial charge in [0.25, 0.3) is 5.83 Å². The predicted molar refractivity (Wildman–Crippen MR) is 68.2 cm³/mol. The van der Waals surface area contributed by atoms with Crippen LogP contribution in [-0.2, 0) is 0 Å². The number of hydrogen-bond donors (Lipinski definition) is 0. The largest absolute Gasteiger partial charge is 0.450 e. The first-order chi connectivity index (χ1) is 10.8. The molecule has 0 aromatic heterocycles. The maximum absolute atomic E-state index is 13.5. The van der Waals surface area contributed by atoms with Crippen LogP contribution < -0.4 is 9.47 Å². The molecule has 0 aliphatic heterocycles. The molecule has 0 amide bonds. The Bertz CT molecular complexity index is 674. The van der Waals surface area contributed by atoms with Crippen LogP contribution in [0.1, 0.15) is 0 Å². The van der Waals surface area contributed by atoms with Gasteiger partial charge in [0.1, 0.15) is 23.1 Å². The third-order valence-electron chi connectivity index (χ3n) is 2.44. The average molecular weight is 334 g/mol. The van der Waals surface area contributed by atoms with Gasteiger partial charge in [0.2, 0.25) is 0 Å². The Morgan fingerprint density at radius 3 is 1.57 bits per heavy atom. The number of hydrogen-bond acceptors (Lipinski definition) is 2. The van der Waals surface area contributed by atoms with E-state index in [1.807, 2.05) is 0 Å². The summed E-state index contributed by atoms with van der Waals surface area (Å²) in [6.07, 6.45) is -5.39. The molecule has 0 bridgehead atoms. The first kappa shape index (κ1) is 16.7. The Hall–Kier alpha value is -2.64. The third kappa shape index (κ3) is 4.67. The van der Waals surface area contributed by atoms with Gasteiger partial charge in [0.15, 0.2) is 0 Å². The SMILES string of the molecule is FC(=C(Oc1cccc(F)c1)Oc1cccc(F)c1)C(F)(F)F. The second kappa shape index (κ2) is 6.64. The Kier molecular flexibility index (Phi) is 4.83. The van der Waals surface area contributed by atoms with Crippen molar-refractivity contribution in [1.29, 1.82) is 0 Å². The van der Waals surface area contributed by atoms with Gasteiger partial charge in [0, 0.05) is 12.1 Å². The van der Waals surface area contributed by atoms with E-state index in [1.165, 1.54) is 0 Å². The molecule has 0 radical (unpaired) electrons. The van der Waals surface area contributed by atoms with Crippen LogP contribution in [0.25, 0.3) is 0 Å². The summed E-state index contributed by atoms with van der Waals surface area (Å²) in [5, 5.41) is 0. The molecule has 122 valence electrons. The second-order valence-corrected chi connectivity index (χ2v) is 4.22. The van der Waals surface area contributed by atoms with Crippen LogP contribution in [0.15, 0.2) is 60.3 Å². The van der Waals surface area contributed by atoms with E-state index in [2.05, 4.69) is 9.47 Å². The molecule has 2 aromatic carbocycles. The van der Waals surface area contributed by atoms with Gasteiger partial charge in [-0.25, -0.2) is 8.78 Å². The Labute approximate surface area is 126 Å². The van der Waals surface area contributed by atoms with E-state index in [1.54, 1.807) is 0 Å². The molecule has 0 saturated heterocycles. The summed E-state index contributed by atoms with van der Waals surface area (Å²) < 4.78 is 86.3. The molecule has 23 heavy (non-hydrogen) atoms. The van der Waals surface area contributed by atoms with Crippen molar-refractivity contribution in [3.63, 3.8) is 0 Å². The molecule has 0 atom stereocenters. The zero-order valence-electron chi connectivity index (χ0n) is 11.2. The lowest BCUT2D eigenvalue weighted by atomic mass is 10.3. The van der Waals surface area contributed by atoms with Gasteiger partial charge in [-0.15, -0.1) is 0 Å². The van der Waals surface area contributed by atoms with Crippen LogP contribution in [0.2, 0.25) is 0 Å². The molecule has 0 fully saturated rings. The Morgan fingerprint density at radius 2 is 1.22 bits per heavy atom. The maximum atomic E-state index is 13.5. The maximum Gasteiger partial charge on any atom is 0.450 e. The van der Waals surface area contributed by atoms with E-state index < -0.39 is 41.1 Å². The smallest absolute Gasteiger partial charge is 0.424 e. The lowest BCUT2D eigenvalue weighted by molar-refractivity contribution is -0.115. The number of rotatable bonds is 4. The van der Waals surface area contributed by atoms with E-state index in [9.17, 15) is 26.3 Å². The number of allylic oxidation sites excluding steroid dienone is 1. The van der Waals surface area contributed by atoms with Crippen LogP contribution in [-0.4, -0.2) is 6.18 Å². The van der Waals surface area contributed by atoms with E-state index in [4.69, 9.17) is 0 Å². The molecule has 2 rings (SSSR count). The molecular formula is C15H8F6O2. The van der Waals surface area contributed by atoms with Crippen LogP contribution in [0.4, 0.5) is 26.3 Å². The van der Waals surface area contributed by atoms with Gasteiger partial charge in [-0.1, -0.05) is 12.1 Å².